The molecule has 3 fully saturated rings. The van der Waals surface area contributed by atoms with E-state index >= 15 is 0 Å². The number of piperazine rings is 1. The Morgan fingerprint density at radius 3 is 2.05 bits per heavy atom. The molecule has 3 saturated heterocycles. The minimum atomic E-state index is 0.120. The van der Waals surface area contributed by atoms with Crippen molar-refractivity contribution in [2.75, 3.05) is 65.4 Å². The lowest BCUT2D eigenvalue weighted by molar-refractivity contribution is -0.139. The van der Waals surface area contributed by atoms with Gasteiger partial charge in [0.2, 0.25) is 11.8 Å². The molecule has 0 saturated carbocycles. The minimum absolute atomic E-state index is 0.120. The summed E-state index contributed by atoms with van der Waals surface area (Å²) in [7, 11) is 0. The second-order valence-corrected chi connectivity index (χ2v) is 6.69. The van der Waals surface area contributed by atoms with Gasteiger partial charge in [-0.15, -0.1) is 0 Å². The highest BCUT2D eigenvalue weighted by Gasteiger charge is 2.27. The molecule has 3 heterocycles. The molecule has 0 aliphatic carbocycles. The third kappa shape index (κ3) is 3.98. The molecule has 0 bridgehead atoms. The molecule has 0 radical (unpaired) electrons. The number of hydrogen-bond acceptors (Lipinski definition) is 4. The highest BCUT2D eigenvalue weighted by atomic mass is 16.2. The lowest BCUT2D eigenvalue weighted by atomic mass is 10.3. The smallest absolute Gasteiger partial charge is 0.242 e. The van der Waals surface area contributed by atoms with Crippen molar-refractivity contribution in [2.45, 2.75) is 25.7 Å². The van der Waals surface area contributed by atoms with Crippen molar-refractivity contribution in [1.82, 2.24) is 19.6 Å². The fourth-order valence-electron chi connectivity index (χ4n) is 3.64. The van der Waals surface area contributed by atoms with Crippen molar-refractivity contribution < 1.29 is 9.59 Å². The van der Waals surface area contributed by atoms with Gasteiger partial charge in [0.05, 0.1) is 6.54 Å². The number of carbonyl (C=O) groups excluding carboxylic acids is 2. The van der Waals surface area contributed by atoms with E-state index in [9.17, 15) is 9.59 Å². The average molecular weight is 308 g/mol. The third-order valence-electron chi connectivity index (χ3n) is 5.15. The van der Waals surface area contributed by atoms with E-state index in [1.807, 2.05) is 4.90 Å². The summed E-state index contributed by atoms with van der Waals surface area (Å²) in [5.74, 6) is 0.257. The van der Waals surface area contributed by atoms with Gasteiger partial charge in [-0.1, -0.05) is 0 Å². The Hall–Kier alpha value is -1.14. The predicted molar refractivity (Wildman–Crippen MR) is 84.5 cm³/mol. The van der Waals surface area contributed by atoms with Crippen LogP contribution in [0.3, 0.4) is 0 Å². The predicted octanol–water partition coefficient (Wildman–Crippen LogP) is -0.151. The number of nitrogens with zero attached hydrogens (tertiary/aromatic N) is 4. The Balaban J connectivity index is 1.35. The maximum absolute atomic E-state index is 12.3. The average Bonchev–Trinajstić information content (AvgIpc) is 3.18. The van der Waals surface area contributed by atoms with E-state index in [0.29, 0.717) is 6.42 Å². The molecule has 0 unspecified atom stereocenters. The van der Waals surface area contributed by atoms with Crippen LogP contribution in [-0.2, 0) is 9.59 Å². The minimum Gasteiger partial charge on any atom is -0.339 e. The fraction of sp³-hybridized carbons (Fsp3) is 0.875. The van der Waals surface area contributed by atoms with Gasteiger partial charge in [0.25, 0.3) is 0 Å². The van der Waals surface area contributed by atoms with Gasteiger partial charge in [-0.05, 0) is 32.4 Å². The van der Waals surface area contributed by atoms with E-state index in [0.717, 1.165) is 52.2 Å². The number of amides is 2. The number of hydrogen-bond donors (Lipinski definition) is 0. The van der Waals surface area contributed by atoms with Crippen LogP contribution >= 0.6 is 0 Å². The second-order valence-electron chi connectivity index (χ2n) is 6.69. The molecule has 124 valence electrons. The summed E-state index contributed by atoms with van der Waals surface area (Å²) in [6.45, 7) is 9.36. The van der Waals surface area contributed by atoms with Crippen molar-refractivity contribution in [3.63, 3.8) is 0 Å². The molecule has 22 heavy (non-hydrogen) atoms. The van der Waals surface area contributed by atoms with Crippen LogP contribution in [0.1, 0.15) is 25.7 Å². The van der Waals surface area contributed by atoms with Crippen molar-refractivity contribution in [2.24, 2.45) is 0 Å². The van der Waals surface area contributed by atoms with Gasteiger partial charge in [-0.3, -0.25) is 14.5 Å². The molecule has 3 aliphatic rings. The van der Waals surface area contributed by atoms with E-state index in [1.54, 1.807) is 4.90 Å². The van der Waals surface area contributed by atoms with E-state index in [2.05, 4.69) is 9.80 Å². The van der Waals surface area contributed by atoms with Crippen molar-refractivity contribution >= 4 is 11.8 Å². The monoisotopic (exact) mass is 308 g/mol. The molecular weight excluding hydrogens is 280 g/mol. The second kappa shape index (κ2) is 7.42. The Labute approximate surface area is 133 Å². The first-order valence-electron chi connectivity index (χ1n) is 8.72. The van der Waals surface area contributed by atoms with Gasteiger partial charge in [0.15, 0.2) is 0 Å². The maximum atomic E-state index is 12.3. The molecule has 0 aromatic heterocycles. The van der Waals surface area contributed by atoms with Gasteiger partial charge in [-0.2, -0.15) is 0 Å². The van der Waals surface area contributed by atoms with E-state index in [4.69, 9.17) is 0 Å². The van der Waals surface area contributed by atoms with Gasteiger partial charge >= 0.3 is 0 Å². The van der Waals surface area contributed by atoms with Crippen molar-refractivity contribution in [3.8, 4) is 0 Å². The molecule has 0 N–H and O–H groups in total. The normalized spacial score (nSPS) is 24.5. The van der Waals surface area contributed by atoms with Crippen LogP contribution in [0.25, 0.3) is 0 Å². The molecule has 6 nitrogen and oxygen atoms in total. The van der Waals surface area contributed by atoms with Crippen LogP contribution in [0.5, 0.6) is 0 Å². The Kier molecular flexibility index (Phi) is 5.31. The van der Waals surface area contributed by atoms with Gasteiger partial charge in [-0.25, -0.2) is 0 Å². The molecule has 2 amide bonds. The Bertz CT molecular complexity index is 401. The van der Waals surface area contributed by atoms with Crippen molar-refractivity contribution in [3.05, 3.63) is 0 Å². The van der Waals surface area contributed by atoms with Crippen LogP contribution in [-0.4, -0.2) is 96.9 Å². The summed E-state index contributed by atoms with van der Waals surface area (Å²) in [5.41, 5.74) is 0. The third-order valence-corrected chi connectivity index (χ3v) is 5.15. The molecular formula is C16H28N4O2. The molecule has 0 atom stereocenters. The first-order chi connectivity index (χ1) is 10.7. The number of rotatable bonds is 5. The Morgan fingerprint density at radius 2 is 1.45 bits per heavy atom. The molecule has 3 rings (SSSR count). The standard InChI is InChI=1S/C16H28N4O2/c21-15-4-3-7-20(15)14-16(22)19-12-10-18(11-13-19)9-8-17-5-1-2-6-17/h1-14H2. The summed E-state index contributed by atoms with van der Waals surface area (Å²) in [5, 5.41) is 0. The SMILES string of the molecule is O=C(CN1CCCC1=O)N1CCN(CCN2CCCC2)CC1. The number of carbonyl (C=O) groups is 2. The summed E-state index contributed by atoms with van der Waals surface area (Å²) >= 11 is 0. The van der Waals surface area contributed by atoms with Crippen molar-refractivity contribution in [1.29, 1.82) is 0 Å². The number of likely N-dealkylation sites (tertiary alicyclic amines) is 2. The van der Waals surface area contributed by atoms with Gasteiger partial charge in [0.1, 0.15) is 0 Å². The summed E-state index contributed by atoms with van der Waals surface area (Å²) in [4.78, 5) is 32.5. The molecule has 6 heteroatoms. The quantitative estimate of drug-likeness (QED) is 0.709. The van der Waals surface area contributed by atoms with Crippen LogP contribution in [0.2, 0.25) is 0 Å². The highest BCUT2D eigenvalue weighted by Crippen LogP contribution is 2.11. The van der Waals surface area contributed by atoms with Gasteiger partial charge in [0, 0.05) is 52.2 Å². The summed E-state index contributed by atoms with van der Waals surface area (Å²) < 4.78 is 0. The zero-order valence-electron chi connectivity index (χ0n) is 13.5. The molecule has 0 aromatic carbocycles. The molecule has 0 spiro atoms. The van der Waals surface area contributed by atoms with Crippen LogP contribution in [0, 0.1) is 0 Å². The zero-order valence-corrected chi connectivity index (χ0v) is 13.5. The lowest BCUT2D eigenvalue weighted by Gasteiger charge is -2.36. The largest absolute Gasteiger partial charge is 0.339 e. The van der Waals surface area contributed by atoms with Crippen LogP contribution in [0.15, 0.2) is 0 Å². The highest BCUT2D eigenvalue weighted by molar-refractivity contribution is 5.85. The molecule has 0 aromatic rings. The zero-order chi connectivity index (χ0) is 15.4. The fourth-order valence-corrected chi connectivity index (χ4v) is 3.64. The Morgan fingerprint density at radius 1 is 0.818 bits per heavy atom. The summed E-state index contributed by atoms with van der Waals surface area (Å²) in [6, 6.07) is 0. The summed E-state index contributed by atoms with van der Waals surface area (Å²) in [6.07, 6.45) is 4.20. The maximum Gasteiger partial charge on any atom is 0.242 e. The lowest BCUT2D eigenvalue weighted by Crippen LogP contribution is -2.52. The molecule has 3 aliphatic heterocycles. The first kappa shape index (κ1) is 15.7. The van der Waals surface area contributed by atoms with Crippen LogP contribution < -0.4 is 0 Å². The van der Waals surface area contributed by atoms with Gasteiger partial charge < -0.3 is 14.7 Å². The van der Waals surface area contributed by atoms with E-state index in [1.165, 1.54) is 25.9 Å². The van der Waals surface area contributed by atoms with E-state index in [-0.39, 0.29) is 18.4 Å². The topological polar surface area (TPSA) is 47.1 Å². The first-order valence-corrected chi connectivity index (χ1v) is 8.72. The van der Waals surface area contributed by atoms with E-state index < -0.39 is 0 Å². The van der Waals surface area contributed by atoms with Crippen LogP contribution in [0.4, 0.5) is 0 Å².